The Morgan fingerprint density at radius 2 is 2.22 bits per heavy atom. The van der Waals surface area contributed by atoms with Crippen molar-refractivity contribution in [3.8, 4) is 0 Å². The zero-order valence-corrected chi connectivity index (χ0v) is 10.2. The van der Waals surface area contributed by atoms with Crippen LogP contribution in [0.4, 0.5) is 5.82 Å². The summed E-state index contributed by atoms with van der Waals surface area (Å²) >= 11 is 5.94. The number of H-pyrrole nitrogens is 1. The van der Waals surface area contributed by atoms with Gasteiger partial charge in [-0.3, -0.25) is 14.6 Å². The van der Waals surface area contributed by atoms with Gasteiger partial charge < -0.3 is 5.32 Å². The second-order valence-electron chi connectivity index (χ2n) is 3.57. The summed E-state index contributed by atoms with van der Waals surface area (Å²) in [5.41, 5.74) is 0.622. The van der Waals surface area contributed by atoms with E-state index in [1.807, 2.05) is 0 Å². The van der Waals surface area contributed by atoms with Gasteiger partial charge in [0, 0.05) is 18.0 Å². The van der Waals surface area contributed by atoms with Crippen molar-refractivity contribution in [3.63, 3.8) is 0 Å². The average molecular weight is 265 g/mol. The molecule has 18 heavy (non-hydrogen) atoms. The van der Waals surface area contributed by atoms with Gasteiger partial charge in [-0.1, -0.05) is 11.6 Å². The molecule has 1 amide bonds. The molecule has 92 valence electrons. The molecule has 2 heterocycles. The highest BCUT2D eigenvalue weighted by Gasteiger charge is 2.11. The van der Waals surface area contributed by atoms with Gasteiger partial charge in [-0.25, -0.2) is 5.10 Å². The maximum atomic E-state index is 11.9. The predicted octanol–water partition coefficient (Wildman–Crippen LogP) is 1.38. The molecule has 7 heteroatoms. The number of halogens is 1. The topological polar surface area (TPSA) is 87.7 Å². The number of nitrogens with one attached hydrogen (secondary N) is 2. The van der Waals surface area contributed by atoms with Crippen LogP contribution in [-0.4, -0.2) is 21.1 Å². The Morgan fingerprint density at radius 3 is 2.83 bits per heavy atom. The Bertz CT molecular complexity index is 633. The molecule has 0 bridgehead atoms. The minimum absolute atomic E-state index is 0.233. The van der Waals surface area contributed by atoms with E-state index in [1.165, 1.54) is 18.3 Å². The van der Waals surface area contributed by atoms with Crippen molar-refractivity contribution in [2.24, 2.45) is 0 Å². The van der Waals surface area contributed by atoms with E-state index in [-0.39, 0.29) is 16.9 Å². The Balaban J connectivity index is 2.22. The van der Waals surface area contributed by atoms with Gasteiger partial charge in [0.05, 0.1) is 10.6 Å². The van der Waals surface area contributed by atoms with Gasteiger partial charge in [0.2, 0.25) is 0 Å². The fourth-order valence-corrected chi connectivity index (χ4v) is 1.58. The van der Waals surface area contributed by atoms with Crippen LogP contribution in [0.15, 0.2) is 29.2 Å². The highest BCUT2D eigenvalue weighted by molar-refractivity contribution is 6.34. The van der Waals surface area contributed by atoms with Crippen LogP contribution in [-0.2, 0) is 0 Å². The highest BCUT2D eigenvalue weighted by atomic mass is 35.5. The fraction of sp³-hybridized carbons (Fsp3) is 0.0909. The number of hydrogen-bond donors (Lipinski definition) is 2. The van der Waals surface area contributed by atoms with Crippen LogP contribution in [0.25, 0.3) is 0 Å². The minimum Gasteiger partial charge on any atom is -0.305 e. The number of nitrogens with zero attached hydrogens (tertiary/aromatic N) is 2. The summed E-state index contributed by atoms with van der Waals surface area (Å²) in [6.45, 7) is 1.77. The van der Waals surface area contributed by atoms with Gasteiger partial charge in [-0.05, 0) is 19.1 Å². The minimum atomic E-state index is -0.438. The Labute approximate surface area is 107 Å². The molecule has 2 rings (SSSR count). The van der Waals surface area contributed by atoms with Gasteiger partial charge in [-0.15, -0.1) is 0 Å². The highest BCUT2D eigenvalue weighted by Crippen LogP contribution is 2.16. The van der Waals surface area contributed by atoms with E-state index in [4.69, 9.17) is 11.6 Å². The maximum absolute atomic E-state index is 11.9. The number of aromatic nitrogens is 3. The number of rotatable bonds is 2. The maximum Gasteiger partial charge on any atom is 0.264 e. The molecule has 0 aliphatic rings. The lowest BCUT2D eigenvalue weighted by Gasteiger charge is -2.05. The molecule has 0 spiro atoms. The molecule has 0 atom stereocenters. The Morgan fingerprint density at radius 1 is 1.44 bits per heavy atom. The van der Waals surface area contributed by atoms with Crippen molar-refractivity contribution in [1.29, 1.82) is 0 Å². The molecule has 2 N–H and O–H groups in total. The summed E-state index contributed by atoms with van der Waals surface area (Å²) in [6.07, 6.45) is 1.39. The number of carbonyl (C=O) groups excluding carboxylic acids is 1. The first-order chi connectivity index (χ1) is 8.56. The third-order valence-electron chi connectivity index (χ3n) is 2.16. The van der Waals surface area contributed by atoms with E-state index in [1.54, 1.807) is 13.0 Å². The van der Waals surface area contributed by atoms with E-state index >= 15 is 0 Å². The molecule has 2 aromatic rings. The van der Waals surface area contributed by atoms with E-state index in [0.717, 1.165) is 5.69 Å². The quantitative estimate of drug-likeness (QED) is 0.858. The Hall–Kier alpha value is -2.21. The summed E-state index contributed by atoms with van der Waals surface area (Å²) in [5.74, 6) is -0.205. The lowest BCUT2D eigenvalue weighted by molar-refractivity contribution is 0.102. The van der Waals surface area contributed by atoms with Crippen LogP contribution in [0.5, 0.6) is 0 Å². The largest absolute Gasteiger partial charge is 0.305 e. The van der Waals surface area contributed by atoms with Gasteiger partial charge in [-0.2, -0.15) is 5.10 Å². The number of anilines is 1. The van der Waals surface area contributed by atoms with Gasteiger partial charge in [0.1, 0.15) is 0 Å². The second kappa shape index (κ2) is 4.97. The summed E-state index contributed by atoms with van der Waals surface area (Å²) in [4.78, 5) is 26.7. The van der Waals surface area contributed by atoms with Gasteiger partial charge in [0.15, 0.2) is 5.82 Å². The molecule has 6 nitrogen and oxygen atoms in total. The van der Waals surface area contributed by atoms with Crippen molar-refractivity contribution in [2.75, 3.05) is 5.32 Å². The summed E-state index contributed by atoms with van der Waals surface area (Å²) < 4.78 is 0. The number of aromatic amines is 1. The third kappa shape index (κ3) is 2.72. The molecule has 0 saturated carbocycles. The SMILES string of the molecule is Cc1cc(Cl)c(C(=O)Nc2ccc(=O)[nH]n2)cn1. The monoisotopic (exact) mass is 264 g/mol. The molecular weight excluding hydrogens is 256 g/mol. The second-order valence-corrected chi connectivity index (χ2v) is 3.97. The van der Waals surface area contributed by atoms with Gasteiger partial charge in [0.25, 0.3) is 11.5 Å². The van der Waals surface area contributed by atoms with Crippen LogP contribution >= 0.6 is 11.6 Å². The molecule has 0 radical (unpaired) electrons. The van der Waals surface area contributed by atoms with Crippen molar-refractivity contribution in [1.82, 2.24) is 15.2 Å². The summed E-state index contributed by atoms with van der Waals surface area (Å²) in [6, 6.07) is 4.25. The summed E-state index contributed by atoms with van der Waals surface area (Å²) in [5, 5.41) is 8.68. The molecular formula is C11H9ClN4O2. The molecule has 0 aliphatic heterocycles. The van der Waals surface area contributed by atoms with Crippen LogP contribution in [0.3, 0.4) is 0 Å². The van der Waals surface area contributed by atoms with E-state index in [2.05, 4.69) is 20.5 Å². The van der Waals surface area contributed by atoms with E-state index in [9.17, 15) is 9.59 Å². The molecule has 0 saturated heterocycles. The van der Waals surface area contributed by atoms with Crippen molar-refractivity contribution < 1.29 is 4.79 Å². The smallest absolute Gasteiger partial charge is 0.264 e. The first-order valence-corrected chi connectivity index (χ1v) is 5.43. The predicted molar refractivity (Wildman–Crippen MR) is 66.8 cm³/mol. The summed E-state index contributed by atoms with van der Waals surface area (Å²) in [7, 11) is 0. The zero-order chi connectivity index (χ0) is 13.1. The molecule has 0 fully saturated rings. The number of aryl methyl sites for hydroxylation is 1. The van der Waals surface area contributed by atoms with Crippen LogP contribution in [0.2, 0.25) is 5.02 Å². The van der Waals surface area contributed by atoms with Gasteiger partial charge >= 0.3 is 0 Å². The van der Waals surface area contributed by atoms with E-state index < -0.39 is 5.91 Å². The molecule has 0 aliphatic carbocycles. The van der Waals surface area contributed by atoms with Crippen molar-refractivity contribution in [2.45, 2.75) is 6.92 Å². The third-order valence-corrected chi connectivity index (χ3v) is 2.47. The van der Waals surface area contributed by atoms with Crippen LogP contribution in [0.1, 0.15) is 16.1 Å². The molecule has 0 aromatic carbocycles. The fourth-order valence-electron chi connectivity index (χ4n) is 1.29. The number of pyridine rings is 1. The van der Waals surface area contributed by atoms with Crippen LogP contribution in [0, 0.1) is 6.92 Å². The number of carbonyl (C=O) groups is 1. The number of hydrogen-bond acceptors (Lipinski definition) is 4. The lowest BCUT2D eigenvalue weighted by Crippen LogP contribution is -2.16. The van der Waals surface area contributed by atoms with E-state index in [0.29, 0.717) is 5.02 Å². The van der Waals surface area contributed by atoms with Crippen molar-refractivity contribution in [3.05, 3.63) is 51.0 Å². The standard InChI is InChI=1S/C11H9ClN4O2/c1-6-4-8(12)7(5-13-6)11(18)14-9-2-3-10(17)16-15-9/h2-5H,1H3,(H,16,17)(H,14,15,18). The van der Waals surface area contributed by atoms with Crippen molar-refractivity contribution >= 4 is 23.3 Å². The molecule has 0 unspecified atom stereocenters. The average Bonchev–Trinajstić information content (AvgIpc) is 2.32. The number of amides is 1. The first kappa shape index (κ1) is 12.3. The van der Waals surface area contributed by atoms with Crippen LogP contribution < -0.4 is 10.9 Å². The lowest BCUT2D eigenvalue weighted by atomic mass is 10.2. The normalized spacial score (nSPS) is 10.1. The zero-order valence-electron chi connectivity index (χ0n) is 9.40. The Kier molecular flexibility index (Phi) is 3.38. The molecule has 2 aromatic heterocycles. The first-order valence-electron chi connectivity index (χ1n) is 5.05.